The lowest BCUT2D eigenvalue weighted by atomic mass is 9.90. The van der Waals surface area contributed by atoms with Gasteiger partial charge in [0.25, 0.3) is 5.91 Å². The number of amides is 1. The van der Waals surface area contributed by atoms with Crippen LogP contribution in [0.15, 0.2) is 23.2 Å². The second kappa shape index (κ2) is 11.3. The average molecular weight is 493 g/mol. The minimum atomic E-state index is -0.184. The quantitative estimate of drug-likeness (QED) is 0.554. The van der Waals surface area contributed by atoms with E-state index in [1.807, 2.05) is 12.1 Å². The number of aryl methyl sites for hydroxylation is 1. The topological polar surface area (TPSA) is 91.3 Å². The third-order valence-electron chi connectivity index (χ3n) is 6.62. The second-order valence-corrected chi connectivity index (χ2v) is 9.29. The highest BCUT2D eigenvalue weighted by molar-refractivity contribution is 5.96. The summed E-state index contributed by atoms with van der Waals surface area (Å²) in [5.41, 5.74) is 1.96. The minimum Gasteiger partial charge on any atom is -0.369 e. The summed E-state index contributed by atoms with van der Waals surface area (Å²) in [6, 6.07) is 6.70. The number of aromatic nitrogens is 2. The molecule has 0 radical (unpaired) electrons. The number of hydrogen-bond acceptors (Lipinski definition) is 6. The van der Waals surface area contributed by atoms with Gasteiger partial charge in [-0.25, -0.2) is 9.97 Å². The predicted molar refractivity (Wildman–Crippen MR) is 138 cm³/mol. The average Bonchev–Trinajstić information content (AvgIpc) is 3.47. The van der Waals surface area contributed by atoms with Gasteiger partial charge in [-0.15, -0.1) is 24.8 Å². The number of rotatable bonds is 6. The lowest BCUT2D eigenvalue weighted by molar-refractivity contribution is 0.0942. The number of fused-ring (bicyclic) bond motifs is 1. The first kappa shape index (κ1) is 25.5. The van der Waals surface area contributed by atoms with Crippen LogP contribution in [0.4, 0.5) is 5.82 Å². The zero-order valence-electron chi connectivity index (χ0n) is 19.1. The Hall–Kier alpha value is -2.12. The van der Waals surface area contributed by atoms with E-state index >= 15 is 0 Å². The number of amidine groups is 1. The zero-order valence-corrected chi connectivity index (χ0v) is 20.7. The highest BCUT2D eigenvalue weighted by atomic mass is 35.5. The molecule has 0 unspecified atom stereocenters. The Labute approximate surface area is 207 Å². The van der Waals surface area contributed by atoms with Crippen molar-refractivity contribution >= 4 is 53.3 Å². The van der Waals surface area contributed by atoms with Gasteiger partial charge in [-0.3, -0.25) is 9.79 Å². The molecule has 5 rings (SSSR count). The van der Waals surface area contributed by atoms with Gasteiger partial charge in [0.05, 0.1) is 11.4 Å². The van der Waals surface area contributed by atoms with E-state index in [1.165, 1.54) is 25.7 Å². The van der Waals surface area contributed by atoms with Gasteiger partial charge in [0, 0.05) is 37.0 Å². The van der Waals surface area contributed by atoms with E-state index in [9.17, 15) is 4.79 Å². The van der Waals surface area contributed by atoms with Crippen molar-refractivity contribution in [1.82, 2.24) is 20.6 Å². The first-order chi connectivity index (χ1) is 15.2. The highest BCUT2D eigenvalue weighted by Gasteiger charge is 2.28. The molecular weight excluding hydrogens is 459 g/mol. The molecule has 0 bridgehead atoms. The Morgan fingerprint density at radius 1 is 1.00 bits per heavy atom. The summed E-state index contributed by atoms with van der Waals surface area (Å²) in [7, 11) is 0. The predicted octanol–water partition coefficient (Wildman–Crippen LogP) is 4.43. The SMILES string of the molecule is Cc1ccc2nc(C(=O)NCC3CC3)nc(N[C@H]3CCCC[C@H]3NC3=NCCC3)c2c1.Cl.Cl. The third kappa shape index (κ3) is 6.27. The van der Waals surface area contributed by atoms with Gasteiger partial charge in [-0.1, -0.05) is 24.5 Å². The fourth-order valence-electron chi connectivity index (χ4n) is 4.62. The van der Waals surface area contributed by atoms with Crippen molar-refractivity contribution in [2.45, 2.75) is 70.4 Å². The van der Waals surface area contributed by atoms with Crippen LogP contribution >= 0.6 is 24.8 Å². The van der Waals surface area contributed by atoms with Crippen LogP contribution in [0.25, 0.3) is 10.9 Å². The van der Waals surface area contributed by atoms with Gasteiger partial charge in [0.15, 0.2) is 0 Å². The largest absolute Gasteiger partial charge is 0.369 e. The number of halogens is 2. The molecule has 33 heavy (non-hydrogen) atoms. The molecule has 2 atom stereocenters. The number of anilines is 1. The van der Waals surface area contributed by atoms with Crippen LogP contribution in [-0.4, -0.2) is 46.9 Å². The standard InChI is InChI=1S/C24H32N6O.2ClH/c1-15-8-11-18-17(13-15)22(30-23(28-18)24(31)26-14-16-9-10-16)29-20-6-3-2-5-19(20)27-21-7-4-12-25-21;;/h8,11,13,16,19-20H,2-7,9-10,12,14H2,1H3,(H,25,27)(H,26,31)(H,28,29,30);2*1H/t19-,20+;;/m1../s1. The monoisotopic (exact) mass is 492 g/mol. The molecule has 1 aromatic carbocycles. The Balaban J connectivity index is 0.00000153. The van der Waals surface area contributed by atoms with Crippen LogP contribution in [0.5, 0.6) is 0 Å². The third-order valence-corrected chi connectivity index (χ3v) is 6.62. The fourth-order valence-corrected chi connectivity index (χ4v) is 4.62. The summed E-state index contributed by atoms with van der Waals surface area (Å²) in [4.78, 5) is 26.6. The molecule has 9 heteroatoms. The molecule has 0 saturated heterocycles. The van der Waals surface area contributed by atoms with E-state index in [-0.39, 0.29) is 42.6 Å². The number of benzene rings is 1. The molecule has 2 heterocycles. The Morgan fingerprint density at radius 2 is 1.76 bits per heavy atom. The smallest absolute Gasteiger partial charge is 0.289 e. The van der Waals surface area contributed by atoms with Crippen LogP contribution < -0.4 is 16.0 Å². The molecule has 2 aliphatic carbocycles. The van der Waals surface area contributed by atoms with Crippen molar-refractivity contribution in [2.75, 3.05) is 18.4 Å². The molecular formula is C24H34Cl2N6O. The van der Waals surface area contributed by atoms with Crippen LogP contribution in [0.3, 0.4) is 0 Å². The molecule has 1 aliphatic heterocycles. The van der Waals surface area contributed by atoms with Crippen LogP contribution in [-0.2, 0) is 0 Å². The van der Waals surface area contributed by atoms with Gasteiger partial charge in [0.1, 0.15) is 5.82 Å². The Bertz CT molecular complexity index is 1010. The van der Waals surface area contributed by atoms with E-state index in [0.717, 1.165) is 60.3 Å². The van der Waals surface area contributed by atoms with Gasteiger partial charge in [-0.2, -0.15) is 0 Å². The summed E-state index contributed by atoms with van der Waals surface area (Å²) in [5.74, 6) is 2.59. The maximum atomic E-state index is 12.7. The van der Waals surface area contributed by atoms with Crippen molar-refractivity contribution in [2.24, 2.45) is 10.9 Å². The van der Waals surface area contributed by atoms with E-state index in [2.05, 4.69) is 38.9 Å². The molecule has 3 aliphatic rings. The van der Waals surface area contributed by atoms with Crippen LogP contribution in [0.2, 0.25) is 0 Å². The number of aliphatic imine (C=N–C) groups is 1. The highest BCUT2D eigenvalue weighted by Crippen LogP contribution is 2.29. The van der Waals surface area contributed by atoms with E-state index in [1.54, 1.807) is 0 Å². The van der Waals surface area contributed by atoms with Gasteiger partial charge in [0.2, 0.25) is 5.82 Å². The summed E-state index contributed by atoms with van der Waals surface area (Å²) in [5, 5.41) is 11.4. The lowest BCUT2D eigenvalue weighted by Gasteiger charge is -2.34. The van der Waals surface area contributed by atoms with Crippen LogP contribution in [0, 0.1) is 12.8 Å². The molecule has 7 nitrogen and oxygen atoms in total. The van der Waals surface area contributed by atoms with Crippen molar-refractivity contribution < 1.29 is 4.79 Å². The molecule has 2 aromatic rings. The summed E-state index contributed by atoms with van der Waals surface area (Å²) in [6.45, 7) is 3.72. The summed E-state index contributed by atoms with van der Waals surface area (Å²) < 4.78 is 0. The molecule has 1 amide bonds. The zero-order chi connectivity index (χ0) is 21.2. The number of nitrogens with zero attached hydrogens (tertiary/aromatic N) is 3. The number of nitrogens with one attached hydrogen (secondary N) is 3. The summed E-state index contributed by atoms with van der Waals surface area (Å²) in [6.07, 6.45) is 9.20. The van der Waals surface area contributed by atoms with E-state index in [4.69, 9.17) is 4.98 Å². The maximum Gasteiger partial charge on any atom is 0.289 e. The van der Waals surface area contributed by atoms with Crippen molar-refractivity contribution in [3.05, 3.63) is 29.6 Å². The molecule has 1 aromatic heterocycles. The van der Waals surface area contributed by atoms with Gasteiger partial charge < -0.3 is 16.0 Å². The molecule has 2 saturated carbocycles. The van der Waals surface area contributed by atoms with Crippen molar-refractivity contribution in [3.63, 3.8) is 0 Å². The fraction of sp³-hybridized carbons (Fsp3) is 0.583. The molecule has 180 valence electrons. The second-order valence-electron chi connectivity index (χ2n) is 9.29. The molecule has 0 spiro atoms. The van der Waals surface area contributed by atoms with Crippen molar-refractivity contribution in [3.8, 4) is 0 Å². The minimum absolute atomic E-state index is 0. The Morgan fingerprint density at radius 3 is 2.45 bits per heavy atom. The first-order valence-corrected chi connectivity index (χ1v) is 11.8. The van der Waals surface area contributed by atoms with Gasteiger partial charge in [-0.05, 0) is 57.1 Å². The molecule has 3 N–H and O–H groups in total. The van der Waals surface area contributed by atoms with E-state index < -0.39 is 0 Å². The normalized spacial score (nSPS) is 22.0. The Kier molecular flexibility index (Phi) is 8.76. The maximum absolute atomic E-state index is 12.7. The lowest BCUT2D eigenvalue weighted by Crippen LogP contribution is -2.48. The van der Waals surface area contributed by atoms with Crippen molar-refractivity contribution in [1.29, 1.82) is 0 Å². The molecule has 2 fully saturated rings. The van der Waals surface area contributed by atoms with E-state index in [0.29, 0.717) is 18.5 Å². The number of carbonyl (C=O) groups is 1. The van der Waals surface area contributed by atoms with Gasteiger partial charge >= 0.3 is 0 Å². The number of carbonyl (C=O) groups excluding carboxylic acids is 1. The number of hydrogen-bond donors (Lipinski definition) is 3. The summed E-state index contributed by atoms with van der Waals surface area (Å²) >= 11 is 0. The first-order valence-electron chi connectivity index (χ1n) is 11.8. The van der Waals surface area contributed by atoms with Crippen LogP contribution in [0.1, 0.15) is 67.5 Å².